The zero-order valence-electron chi connectivity index (χ0n) is 20.7. The van der Waals surface area contributed by atoms with Gasteiger partial charge in [0.15, 0.2) is 0 Å². The third kappa shape index (κ3) is 4.91. The lowest BCUT2D eigenvalue weighted by Gasteiger charge is -2.31. The lowest BCUT2D eigenvalue weighted by atomic mass is 9.86. The van der Waals surface area contributed by atoms with Gasteiger partial charge in [0, 0.05) is 35.7 Å². The van der Waals surface area contributed by atoms with Crippen LogP contribution >= 0.6 is 0 Å². The molecule has 1 unspecified atom stereocenters. The summed E-state index contributed by atoms with van der Waals surface area (Å²) in [5.74, 6) is 1.91. The van der Waals surface area contributed by atoms with Gasteiger partial charge in [-0.15, -0.1) is 0 Å². The molecule has 0 spiro atoms. The number of hydrogen-bond donors (Lipinski definition) is 2. The first-order valence-corrected chi connectivity index (χ1v) is 12.5. The van der Waals surface area contributed by atoms with Crippen LogP contribution in [0, 0.1) is 5.92 Å². The van der Waals surface area contributed by atoms with Crippen molar-refractivity contribution < 1.29 is 24.1 Å². The van der Waals surface area contributed by atoms with Crippen LogP contribution in [-0.2, 0) is 0 Å². The van der Waals surface area contributed by atoms with Crippen molar-refractivity contribution >= 4 is 11.1 Å². The molecule has 2 N–H and O–H groups in total. The summed E-state index contributed by atoms with van der Waals surface area (Å²) in [6, 6.07) is 20.4. The summed E-state index contributed by atoms with van der Waals surface area (Å²) in [5.41, 5.74) is 4.90. The minimum absolute atomic E-state index is 0.147. The van der Waals surface area contributed by atoms with Gasteiger partial charge in [0.25, 0.3) is 0 Å². The van der Waals surface area contributed by atoms with Gasteiger partial charge in [-0.3, -0.25) is 9.29 Å². The van der Waals surface area contributed by atoms with Crippen LogP contribution in [0.2, 0.25) is 0 Å². The number of alkyl halides is 1. The van der Waals surface area contributed by atoms with Crippen molar-refractivity contribution in [2.75, 3.05) is 26.4 Å². The third-order valence-corrected chi connectivity index (χ3v) is 7.29. The van der Waals surface area contributed by atoms with Crippen molar-refractivity contribution in [3.63, 3.8) is 0 Å². The SMILES string of the molecule is CC1=C(c2ccc(O)cc2)C(c2ccc(OC[C@H](C)N3CC[C@@H](CF)C3)cc2)Oc2cc(O)ccc21. The second-order valence-electron chi connectivity index (χ2n) is 9.80. The van der Waals surface area contributed by atoms with Gasteiger partial charge >= 0.3 is 0 Å². The highest BCUT2D eigenvalue weighted by molar-refractivity contribution is 5.95. The number of phenols is 2. The number of likely N-dealkylation sites (tertiary alicyclic amines) is 1. The molecule has 6 heteroatoms. The molecule has 2 aliphatic heterocycles. The van der Waals surface area contributed by atoms with Gasteiger partial charge in [0.1, 0.15) is 35.7 Å². The molecule has 0 aliphatic carbocycles. The number of fused-ring (bicyclic) bond motifs is 1. The molecule has 1 saturated heterocycles. The predicted octanol–water partition coefficient (Wildman–Crippen LogP) is 6.22. The summed E-state index contributed by atoms with van der Waals surface area (Å²) < 4.78 is 25.5. The van der Waals surface area contributed by atoms with Gasteiger partial charge in [-0.1, -0.05) is 24.3 Å². The molecule has 0 bridgehead atoms. The van der Waals surface area contributed by atoms with E-state index in [2.05, 4.69) is 18.7 Å². The van der Waals surface area contributed by atoms with Gasteiger partial charge in [-0.25, -0.2) is 0 Å². The zero-order valence-corrected chi connectivity index (χ0v) is 20.7. The number of aromatic hydroxyl groups is 2. The summed E-state index contributed by atoms with van der Waals surface area (Å²) >= 11 is 0. The number of allylic oxidation sites excluding steroid dienone is 1. The van der Waals surface area contributed by atoms with E-state index in [-0.39, 0.29) is 36.2 Å². The summed E-state index contributed by atoms with van der Waals surface area (Å²) in [6.07, 6.45) is 0.521. The van der Waals surface area contributed by atoms with Gasteiger partial charge in [-0.2, -0.15) is 0 Å². The Morgan fingerprint density at radius 1 is 1.03 bits per heavy atom. The monoisotopic (exact) mass is 489 g/mol. The Kier molecular flexibility index (Phi) is 6.88. The zero-order chi connectivity index (χ0) is 25.2. The number of halogens is 1. The van der Waals surface area contributed by atoms with E-state index in [1.54, 1.807) is 24.3 Å². The highest BCUT2D eigenvalue weighted by Gasteiger charge is 2.30. The highest BCUT2D eigenvalue weighted by Crippen LogP contribution is 2.47. The van der Waals surface area contributed by atoms with E-state index in [1.807, 2.05) is 42.5 Å². The van der Waals surface area contributed by atoms with Crippen LogP contribution in [-0.4, -0.2) is 47.5 Å². The van der Waals surface area contributed by atoms with Crippen LogP contribution in [0.25, 0.3) is 11.1 Å². The van der Waals surface area contributed by atoms with Crippen LogP contribution in [0.3, 0.4) is 0 Å². The average Bonchev–Trinajstić information content (AvgIpc) is 3.38. The Bertz CT molecular complexity index is 1240. The highest BCUT2D eigenvalue weighted by atomic mass is 19.1. The Balaban J connectivity index is 1.37. The molecule has 3 aromatic carbocycles. The van der Waals surface area contributed by atoms with E-state index in [9.17, 15) is 14.6 Å². The molecule has 5 nitrogen and oxygen atoms in total. The number of hydrogen-bond acceptors (Lipinski definition) is 5. The molecule has 3 atom stereocenters. The quantitative estimate of drug-likeness (QED) is 0.413. The summed E-state index contributed by atoms with van der Waals surface area (Å²) in [6.45, 7) is 6.18. The van der Waals surface area contributed by atoms with E-state index in [4.69, 9.17) is 9.47 Å². The summed E-state index contributed by atoms with van der Waals surface area (Å²) in [5, 5.41) is 19.8. The maximum Gasteiger partial charge on any atom is 0.150 e. The van der Waals surface area contributed by atoms with Crippen LogP contribution in [0.15, 0.2) is 66.7 Å². The van der Waals surface area contributed by atoms with E-state index >= 15 is 0 Å². The molecular formula is C30H32FNO4. The summed E-state index contributed by atoms with van der Waals surface area (Å²) in [7, 11) is 0. The van der Waals surface area contributed by atoms with Crippen molar-refractivity contribution in [1.29, 1.82) is 0 Å². The molecule has 5 rings (SSSR count). The van der Waals surface area contributed by atoms with Crippen molar-refractivity contribution in [2.45, 2.75) is 32.4 Å². The van der Waals surface area contributed by atoms with Gasteiger partial charge < -0.3 is 19.7 Å². The van der Waals surface area contributed by atoms with E-state index < -0.39 is 0 Å². The van der Waals surface area contributed by atoms with E-state index in [1.165, 1.54) is 0 Å². The van der Waals surface area contributed by atoms with E-state index in [0.29, 0.717) is 12.4 Å². The number of nitrogens with zero attached hydrogens (tertiary/aromatic N) is 1. The van der Waals surface area contributed by atoms with Crippen molar-refractivity contribution in [2.24, 2.45) is 5.92 Å². The number of rotatable bonds is 7. The van der Waals surface area contributed by atoms with Crippen LogP contribution in [0.1, 0.15) is 43.1 Å². The summed E-state index contributed by atoms with van der Waals surface area (Å²) in [4.78, 5) is 2.29. The fourth-order valence-electron chi connectivity index (χ4n) is 5.14. The molecule has 0 saturated carbocycles. The van der Waals surface area contributed by atoms with Crippen LogP contribution in [0.4, 0.5) is 4.39 Å². The molecule has 0 amide bonds. The standard InChI is InChI=1S/C30H32FNO4/c1-19(32-14-13-21(16-31)17-32)18-35-26-10-5-23(6-11-26)30-29(22-3-7-24(33)8-4-22)20(2)27-12-9-25(34)15-28(27)36-30/h3-12,15,19,21,30,33-34H,13-14,16-18H2,1-2H3/t19-,21-,30?/m0/s1. The molecule has 36 heavy (non-hydrogen) atoms. The van der Waals surface area contributed by atoms with Crippen LogP contribution in [0.5, 0.6) is 23.0 Å². The predicted molar refractivity (Wildman–Crippen MR) is 139 cm³/mol. The molecule has 2 heterocycles. The maximum absolute atomic E-state index is 13.0. The first-order chi connectivity index (χ1) is 17.4. The first-order valence-electron chi connectivity index (χ1n) is 12.5. The van der Waals surface area contributed by atoms with Gasteiger partial charge in [0.2, 0.25) is 0 Å². The molecule has 2 aliphatic rings. The third-order valence-electron chi connectivity index (χ3n) is 7.29. The number of ether oxygens (including phenoxy) is 2. The maximum atomic E-state index is 13.0. The Labute approximate surface area is 211 Å². The van der Waals surface area contributed by atoms with Crippen LogP contribution < -0.4 is 9.47 Å². The topological polar surface area (TPSA) is 62.2 Å². The Hall–Kier alpha value is -3.51. The Morgan fingerprint density at radius 2 is 1.75 bits per heavy atom. The molecular weight excluding hydrogens is 457 g/mol. The van der Waals surface area contributed by atoms with E-state index in [0.717, 1.165) is 53.1 Å². The molecule has 0 aromatic heterocycles. The van der Waals surface area contributed by atoms with Crippen molar-refractivity contribution in [3.05, 3.63) is 83.4 Å². The second-order valence-corrected chi connectivity index (χ2v) is 9.80. The second kappa shape index (κ2) is 10.2. The fourth-order valence-corrected chi connectivity index (χ4v) is 5.14. The molecule has 3 aromatic rings. The lowest BCUT2D eigenvalue weighted by molar-refractivity contribution is 0.165. The van der Waals surface area contributed by atoms with Crippen molar-refractivity contribution in [1.82, 2.24) is 4.90 Å². The molecule has 188 valence electrons. The van der Waals surface area contributed by atoms with Gasteiger partial charge in [-0.05, 0) is 79.9 Å². The number of phenolic OH excluding ortho intramolecular Hbond substituents is 2. The van der Waals surface area contributed by atoms with Gasteiger partial charge in [0.05, 0.1) is 6.67 Å². The normalized spacial score (nSPS) is 20.6. The largest absolute Gasteiger partial charge is 0.508 e. The average molecular weight is 490 g/mol. The minimum atomic E-state index is -0.390. The number of benzene rings is 3. The molecule has 0 radical (unpaired) electrons. The van der Waals surface area contributed by atoms with Crippen molar-refractivity contribution in [3.8, 4) is 23.0 Å². The first kappa shape index (κ1) is 24.2. The molecule has 1 fully saturated rings. The minimum Gasteiger partial charge on any atom is -0.508 e. The lowest BCUT2D eigenvalue weighted by Crippen LogP contribution is -2.35. The smallest absolute Gasteiger partial charge is 0.150 e. The fraction of sp³-hybridized carbons (Fsp3) is 0.333. The Morgan fingerprint density at radius 3 is 2.44 bits per heavy atom.